The van der Waals surface area contributed by atoms with E-state index in [1.54, 1.807) is 0 Å². The first-order valence-electron chi connectivity index (χ1n) is 10.6. The molecule has 0 amide bonds. The number of aliphatic hydroxyl groups excluding tert-OH is 11. The molecular formula is C18H32O16. The monoisotopic (exact) mass is 504 g/mol. The van der Waals surface area contributed by atoms with Crippen LogP contribution in [-0.2, 0) is 23.7 Å². The van der Waals surface area contributed by atoms with Crippen LogP contribution in [0, 0.1) is 0 Å². The topological polar surface area (TPSA) is 269 Å². The lowest BCUT2D eigenvalue weighted by Crippen LogP contribution is -2.65. The van der Waals surface area contributed by atoms with E-state index in [0.717, 1.165) is 0 Å². The summed E-state index contributed by atoms with van der Waals surface area (Å²) in [6, 6.07) is 0. The molecule has 0 aromatic carbocycles. The molecule has 0 spiro atoms. The summed E-state index contributed by atoms with van der Waals surface area (Å²) in [7, 11) is 0. The van der Waals surface area contributed by atoms with Gasteiger partial charge in [-0.05, 0) is 0 Å². The van der Waals surface area contributed by atoms with E-state index in [1.165, 1.54) is 0 Å². The van der Waals surface area contributed by atoms with Gasteiger partial charge in [-0.25, -0.2) is 0 Å². The Morgan fingerprint density at radius 3 is 1.65 bits per heavy atom. The molecule has 0 bridgehead atoms. The molecule has 0 aromatic heterocycles. The first kappa shape index (κ1) is 27.9. The van der Waals surface area contributed by atoms with E-state index in [2.05, 4.69) is 0 Å². The van der Waals surface area contributed by atoms with E-state index in [9.17, 15) is 56.2 Å². The highest BCUT2D eigenvalue weighted by Crippen LogP contribution is 2.30. The lowest BCUT2D eigenvalue weighted by molar-refractivity contribution is -0.363. The van der Waals surface area contributed by atoms with Crippen LogP contribution in [0.15, 0.2) is 0 Å². The van der Waals surface area contributed by atoms with Crippen LogP contribution in [0.25, 0.3) is 0 Å². The highest BCUT2D eigenvalue weighted by molar-refractivity contribution is 4.94. The molecule has 3 saturated heterocycles. The van der Waals surface area contributed by atoms with Crippen molar-refractivity contribution >= 4 is 0 Å². The predicted octanol–water partition coefficient (Wildman–Crippen LogP) is -7.57. The summed E-state index contributed by atoms with van der Waals surface area (Å²) in [4.78, 5) is 0. The van der Waals surface area contributed by atoms with Crippen LogP contribution in [0.5, 0.6) is 0 Å². The highest BCUT2D eigenvalue weighted by Gasteiger charge is 2.51. The van der Waals surface area contributed by atoms with E-state index in [-0.39, 0.29) is 0 Å². The van der Waals surface area contributed by atoms with Crippen LogP contribution in [-0.4, -0.2) is 168 Å². The molecule has 0 aromatic rings. The van der Waals surface area contributed by atoms with Gasteiger partial charge in [0.25, 0.3) is 0 Å². The summed E-state index contributed by atoms with van der Waals surface area (Å²) in [5, 5.41) is 109. The molecular weight excluding hydrogens is 472 g/mol. The maximum atomic E-state index is 10.5. The van der Waals surface area contributed by atoms with E-state index in [0.29, 0.717) is 0 Å². The molecule has 1 unspecified atom stereocenters. The Morgan fingerprint density at radius 1 is 0.500 bits per heavy atom. The summed E-state index contributed by atoms with van der Waals surface area (Å²) in [5.74, 6) is 0. The fourth-order valence-corrected chi connectivity index (χ4v) is 3.95. The van der Waals surface area contributed by atoms with E-state index < -0.39 is 112 Å². The molecule has 3 fully saturated rings. The summed E-state index contributed by atoms with van der Waals surface area (Å²) < 4.78 is 26.2. The van der Waals surface area contributed by atoms with Crippen LogP contribution < -0.4 is 0 Å². The normalized spacial score (nSPS) is 52.5. The van der Waals surface area contributed by atoms with Crippen molar-refractivity contribution in [2.45, 2.75) is 92.1 Å². The summed E-state index contributed by atoms with van der Waals surface area (Å²) in [6.07, 6.45) is -24.7. The number of hydrogen-bond donors (Lipinski definition) is 11. The minimum absolute atomic E-state index is 0.577. The second-order valence-corrected chi connectivity index (χ2v) is 8.37. The Bertz CT molecular complexity index is 637. The molecule has 0 aliphatic carbocycles. The zero-order valence-electron chi connectivity index (χ0n) is 17.7. The molecule has 200 valence electrons. The van der Waals surface area contributed by atoms with Gasteiger partial charge in [0.15, 0.2) is 18.9 Å². The van der Waals surface area contributed by atoms with Gasteiger partial charge in [0.05, 0.1) is 19.8 Å². The molecule has 3 aliphatic heterocycles. The van der Waals surface area contributed by atoms with E-state index in [1.807, 2.05) is 0 Å². The summed E-state index contributed by atoms with van der Waals surface area (Å²) >= 11 is 0. The van der Waals surface area contributed by atoms with Crippen molar-refractivity contribution in [3.63, 3.8) is 0 Å². The van der Waals surface area contributed by atoms with Crippen molar-refractivity contribution < 1.29 is 79.9 Å². The average molecular weight is 504 g/mol. The molecule has 34 heavy (non-hydrogen) atoms. The fraction of sp³-hybridized carbons (Fsp3) is 1.00. The van der Waals surface area contributed by atoms with Gasteiger partial charge in [0.1, 0.15) is 73.2 Å². The van der Waals surface area contributed by atoms with Gasteiger partial charge >= 0.3 is 0 Å². The van der Waals surface area contributed by atoms with Crippen molar-refractivity contribution in [3.8, 4) is 0 Å². The summed E-state index contributed by atoms with van der Waals surface area (Å²) in [6.45, 7) is -2.09. The zero-order valence-corrected chi connectivity index (χ0v) is 17.7. The molecule has 11 N–H and O–H groups in total. The Hall–Kier alpha value is -0.640. The Kier molecular flexibility index (Phi) is 9.54. The average Bonchev–Trinajstić information content (AvgIpc) is 2.83. The Labute approximate surface area is 192 Å². The quantitative estimate of drug-likeness (QED) is 0.154. The van der Waals surface area contributed by atoms with E-state index >= 15 is 0 Å². The Balaban J connectivity index is 1.63. The third-order valence-corrected chi connectivity index (χ3v) is 6.07. The maximum absolute atomic E-state index is 10.5. The van der Waals surface area contributed by atoms with Crippen LogP contribution in [0.3, 0.4) is 0 Å². The summed E-state index contributed by atoms with van der Waals surface area (Å²) in [5.41, 5.74) is 0. The lowest BCUT2D eigenvalue weighted by Gasteiger charge is -2.46. The van der Waals surface area contributed by atoms with Crippen molar-refractivity contribution in [1.82, 2.24) is 0 Å². The third-order valence-electron chi connectivity index (χ3n) is 6.07. The maximum Gasteiger partial charge on any atom is 0.187 e. The number of ether oxygens (including phenoxy) is 5. The molecule has 3 rings (SSSR count). The molecule has 3 aliphatic rings. The largest absolute Gasteiger partial charge is 0.394 e. The molecule has 15 atom stereocenters. The number of rotatable bonds is 7. The van der Waals surface area contributed by atoms with Gasteiger partial charge in [-0.3, -0.25) is 0 Å². The number of hydrogen-bond acceptors (Lipinski definition) is 16. The van der Waals surface area contributed by atoms with Crippen molar-refractivity contribution in [1.29, 1.82) is 0 Å². The molecule has 0 radical (unpaired) electrons. The van der Waals surface area contributed by atoms with Crippen LogP contribution in [0.2, 0.25) is 0 Å². The van der Waals surface area contributed by atoms with Crippen LogP contribution >= 0.6 is 0 Å². The van der Waals surface area contributed by atoms with Gasteiger partial charge in [0.2, 0.25) is 0 Å². The molecule has 3 heterocycles. The van der Waals surface area contributed by atoms with Gasteiger partial charge in [-0.15, -0.1) is 0 Å². The first-order valence-corrected chi connectivity index (χ1v) is 10.6. The zero-order chi connectivity index (χ0) is 25.3. The fourth-order valence-electron chi connectivity index (χ4n) is 3.95. The van der Waals surface area contributed by atoms with E-state index in [4.69, 9.17) is 23.7 Å². The van der Waals surface area contributed by atoms with Crippen molar-refractivity contribution in [2.24, 2.45) is 0 Å². The van der Waals surface area contributed by atoms with Gasteiger partial charge < -0.3 is 79.9 Å². The third kappa shape index (κ3) is 5.52. The van der Waals surface area contributed by atoms with Crippen molar-refractivity contribution in [3.05, 3.63) is 0 Å². The lowest BCUT2D eigenvalue weighted by atomic mass is 9.97. The van der Waals surface area contributed by atoms with Crippen molar-refractivity contribution in [2.75, 3.05) is 19.8 Å². The smallest absolute Gasteiger partial charge is 0.187 e. The molecule has 16 nitrogen and oxygen atoms in total. The Morgan fingerprint density at radius 2 is 1.03 bits per heavy atom. The minimum atomic E-state index is -1.82. The standard InChI is InChI=1S/C18H32O16/c19-1-4-7(21)10(24)13(27)18(32-4)34-15-5(2-20)33-17(14(28)11(15)25)30-3-6-8(22)9(23)12(26)16(29)31-6/h4-29H,1-3H2/t4-,5-,6-,7-,8-,9+,10+,11-,12-,13-,14-,15-,16?,17-,18-/m1/s1. The number of aliphatic hydroxyl groups is 11. The second kappa shape index (κ2) is 11.6. The SMILES string of the molecule is OC[C@H]1O[C@H](O[C@H]2[C@H](O)[C@@H](O)[C@H](OC[C@H]3OC(O)[C@H](O)[C@@H](O)[C@@H]3O)O[C@@H]2CO)[C@H](O)[C@@H](O)[C@@H]1O. The minimum Gasteiger partial charge on any atom is -0.394 e. The molecule has 0 saturated carbocycles. The van der Waals surface area contributed by atoms with Gasteiger partial charge in [-0.1, -0.05) is 0 Å². The van der Waals surface area contributed by atoms with Gasteiger partial charge in [0, 0.05) is 0 Å². The molecule has 16 heteroatoms. The predicted molar refractivity (Wildman–Crippen MR) is 101 cm³/mol. The highest BCUT2D eigenvalue weighted by atomic mass is 16.7. The first-order chi connectivity index (χ1) is 16.0. The van der Waals surface area contributed by atoms with Gasteiger partial charge in [-0.2, -0.15) is 0 Å². The second-order valence-electron chi connectivity index (χ2n) is 8.37. The van der Waals surface area contributed by atoms with Crippen LogP contribution in [0.1, 0.15) is 0 Å². The van der Waals surface area contributed by atoms with Crippen LogP contribution in [0.4, 0.5) is 0 Å².